The summed E-state index contributed by atoms with van der Waals surface area (Å²) in [5.41, 5.74) is 7.26. The number of nitrogens with zero attached hydrogens (tertiary/aromatic N) is 4. The molecule has 0 saturated heterocycles. The van der Waals surface area contributed by atoms with Crippen LogP contribution in [0.4, 0.5) is 5.69 Å². The number of hydrogen-bond acceptors (Lipinski definition) is 4. The van der Waals surface area contributed by atoms with Gasteiger partial charge in [-0.25, -0.2) is 4.68 Å². The molecule has 0 aliphatic heterocycles. The van der Waals surface area contributed by atoms with Gasteiger partial charge >= 0.3 is 0 Å². The Hall–Kier alpha value is -1.62. The summed E-state index contributed by atoms with van der Waals surface area (Å²) >= 11 is 5.99. The first-order valence-electron chi connectivity index (χ1n) is 5.58. The van der Waals surface area contributed by atoms with Gasteiger partial charge in [0.1, 0.15) is 0 Å². The summed E-state index contributed by atoms with van der Waals surface area (Å²) in [6, 6.07) is 5.80. The predicted molar refractivity (Wildman–Crippen MR) is 65.6 cm³/mol. The molecule has 1 aliphatic rings. The van der Waals surface area contributed by atoms with Crippen LogP contribution < -0.4 is 5.73 Å². The molecule has 0 spiro atoms. The molecule has 1 aliphatic carbocycles. The molecule has 1 aromatic carbocycles. The molecule has 0 bridgehead atoms. The minimum absolute atomic E-state index is 0.417. The van der Waals surface area contributed by atoms with Gasteiger partial charge in [-0.3, -0.25) is 0 Å². The highest BCUT2D eigenvalue weighted by molar-refractivity contribution is 6.31. The van der Waals surface area contributed by atoms with Crippen LogP contribution in [0.5, 0.6) is 0 Å². The van der Waals surface area contributed by atoms with E-state index >= 15 is 0 Å². The number of halogens is 1. The topological polar surface area (TPSA) is 69.6 Å². The summed E-state index contributed by atoms with van der Waals surface area (Å²) in [5, 5.41) is 12.4. The van der Waals surface area contributed by atoms with Crippen LogP contribution in [0, 0.1) is 0 Å². The highest BCUT2D eigenvalue weighted by Crippen LogP contribution is 2.34. The Labute approximate surface area is 104 Å². The van der Waals surface area contributed by atoms with Crippen LogP contribution in [0.15, 0.2) is 18.2 Å². The zero-order valence-corrected chi connectivity index (χ0v) is 9.93. The van der Waals surface area contributed by atoms with Crippen molar-refractivity contribution < 1.29 is 0 Å². The van der Waals surface area contributed by atoms with E-state index in [2.05, 4.69) is 15.5 Å². The number of tetrazole rings is 1. The first kappa shape index (κ1) is 10.5. The molecular weight excluding hydrogens is 238 g/mol. The van der Waals surface area contributed by atoms with Crippen molar-refractivity contribution in [3.05, 3.63) is 23.2 Å². The summed E-state index contributed by atoms with van der Waals surface area (Å²) < 4.78 is 1.87. The lowest BCUT2D eigenvalue weighted by Gasteiger charge is -2.25. The number of nitrogen functional groups attached to an aromatic ring is 1. The molecule has 0 radical (unpaired) electrons. The van der Waals surface area contributed by atoms with E-state index in [4.69, 9.17) is 17.3 Å². The lowest BCUT2D eigenvalue weighted by Crippen LogP contribution is -2.19. The molecule has 0 amide bonds. The molecule has 0 unspecified atom stereocenters. The number of anilines is 1. The van der Waals surface area contributed by atoms with E-state index in [-0.39, 0.29) is 0 Å². The molecule has 1 saturated carbocycles. The molecule has 17 heavy (non-hydrogen) atoms. The van der Waals surface area contributed by atoms with Crippen LogP contribution in [-0.4, -0.2) is 20.2 Å². The lowest BCUT2D eigenvalue weighted by molar-refractivity contribution is 0.287. The Morgan fingerprint density at radius 2 is 2.12 bits per heavy atom. The Kier molecular flexibility index (Phi) is 2.48. The Morgan fingerprint density at radius 3 is 2.76 bits per heavy atom. The summed E-state index contributed by atoms with van der Waals surface area (Å²) in [4.78, 5) is 0. The van der Waals surface area contributed by atoms with E-state index < -0.39 is 0 Å². The molecule has 2 aromatic rings. The molecule has 88 valence electrons. The standard InChI is InChI=1S/C11H12ClN5/c12-8-4-7(5-9(13)6-8)11-14-15-16-17(11)10-2-1-3-10/h4-6,10H,1-3,13H2. The van der Waals surface area contributed by atoms with Gasteiger partial charge in [0.15, 0.2) is 5.82 Å². The van der Waals surface area contributed by atoms with Crippen LogP contribution >= 0.6 is 11.6 Å². The van der Waals surface area contributed by atoms with Gasteiger partial charge in [-0.1, -0.05) is 11.6 Å². The van der Waals surface area contributed by atoms with Crippen LogP contribution in [-0.2, 0) is 0 Å². The molecule has 3 rings (SSSR count). The number of benzene rings is 1. The maximum atomic E-state index is 5.99. The monoisotopic (exact) mass is 249 g/mol. The van der Waals surface area contributed by atoms with Gasteiger partial charge in [-0.05, 0) is 47.9 Å². The third kappa shape index (κ3) is 1.86. The molecule has 6 heteroatoms. The van der Waals surface area contributed by atoms with Crippen molar-refractivity contribution in [1.82, 2.24) is 20.2 Å². The minimum atomic E-state index is 0.417. The molecule has 1 fully saturated rings. The number of nitrogens with two attached hydrogens (primary N) is 1. The first-order chi connectivity index (χ1) is 8.24. The van der Waals surface area contributed by atoms with Gasteiger partial charge in [0.05, 0.1) is 6.04 Å². The second-order valence-corrected chi connectivity index (χ2v) is 4.74. The Morgan fingerprint density at radius 1 is 1.29 bits per heavy atom. The Balaban J connectivity index is 2.05. The fraction of sp³-hybridized carbons (Fsp3) is 0.364. The zero-order valence-electron chi connectivity index (χ0n) is 9.17. The maximum absolute atomic E-state index is 5.99. The minimum Gasteiger partial charge on any atom is -0.399 e. The molecule has 2 N–H and O–H groups in total. The van der Waals surface area contributed by atoms with Gasteiger partial charge in [0.25, 0.3) is 0 Å². The van der Waals surface area contributed by atoms with Crippen molar-refractivity contribution in [3.63, 3.8) is 0 Å². The third-order valence-corrected chi connectivity index (χ3v) is 3.31. The van der Waals surface area contributed by atoms with Crippen LogP contribution in [0.1, 0.15) is 25.3 Å². The fourth-order valence-corrected chi connectivity index (χ4v) is 2.25. The Bertz CT molecular complexity index is 526. The quantitative estimate of drug-likeness (QED) is 0.829. The van der Waals surface area contributed by atoms with Gasteiger partial charge in [-0.2, -0.15) is 0 Å². The van der Waals surface area contributed by atoms with Crippen molar-refractivity contribution in [2.24, 2.45) is 0 Å². The second-order valence-electron chi connectivity index (χ2n) is 4.31. The van der Waals surface area contributed by atoms with Crippen molar-refractivity contribution in [1.29, 1.82) is 0 Å². The normalized spacial score (nSPS) is 15.8. The lowest BCUT2D eigenvalue weighted by atomic mass is 9.93. The van der Waals surface area contributed by atoms with Crippen molar-refractivity contribution in [2.45, 2.75) is 25.3 Å². The molecule has 0 atom stereocenters. The van der Waals surface area contributed by atoms with E-state index in [0.717, 1.165) is 24.2 Å². The average molecular weight is 250 g/mol. The largest absolute Gasteiger partial charge is 0.399 e. The summed E-state index contributed by atoms with van der Waals surface area (Å²) in [6.45, 7) is 0. The van der Waals surface area contributed by atoms with Crippen molar-refractivity contribution in [3.8, 4) is 11.4 Å². The number of hydrogen-bond donors (Lipinski definition) is 1. The van der Waals surface area contributed by atoms with Crippen LogP contribution in [0.2, 0.25) is 5.02 Å². The van der Waals surface area contributed by atoms with E-state index in [1.165, 1.54) is 6.42 Å². The second kappa shape index (κ2) is 4.00. The van der Waals surface area contributed by atoms with Gasteiger partial charge in [-0.15, -0.1) is 5.10 Å². The maximum Gasteiger partial charge on any atom is 0.182 e. The average Bonchev–Trinajstić information content (AvgIpc) is 2.62. The van der Waals surface area contributed by atoms with Crippen LogP contribution in [0.25, 0.3) is 11.4 Å². The van der Waals surface area contributed by atoms with Gasteiger partial charge < -0.3 is 5.73 Å². The van der Waals surface area contributed by atoms with Crippen LogP contribution in [0.3, 0.4) is 0 Å². The van der Waals surface area contributed by atoms with E-state index in [0.29, 0.717) is 16.8 Å². The fourth-order valence-electron chi connectivity index (χ4n) is 2.00. The van der Waals surface area contributed by atoms with E-state index in [9.17, 15) is 0 Å². The van der Waals surface area contributed by atoms with Crippen molar-refractivity contribution >= 4 is 17.3 Å². The predicted octanol–water partition coefficient (Wildman–Crippen LogP) is 2.30. The number of aromatic nitrogens is 4. The molecular formula is C11H12ClN5. The van der Waals surface area contributed by atoms with Gasteiger partial charge in [0.2, 0.25) is 0 Å². The van der Waals surface area contributed by atoms with E-state index in [1.54, 1.807) is 6.07 Å². The smallest absolute Gasteiger partial charge is 0.182 e. The first-order valence-corrected chi connectivity index (χ1v) is 5.96. The SMILES string of the molecule is Nc1cc(Cl)cc(-c2nnnn2C2CCC2)c1. The molecule has 1 aromatic heterocycles. The van der Waals surface area contributed by atoms with Gasteiger partial charge in [0, 0.05) is 16.3 Å². The zero-order chi connectivity index (χ0) is 11.8. The third-order valence-electron chi connectivity index (χ3n) is 3.09. The summed E-state index contributed by atoms with van der Waals surface area (Å²) in [6.07, 6.45) is 3.50. The van der Waals surface area contributed by atoms with E-state index in [1.807, 2.05) is 16.8 Å². The highest BCUT2D eigenvalue weighted by atomic mass is 35.5. The highest BCUT2D eigenvalue weighted by Gasteiger charge is 2.24. The summed E-state index contributed by atoms with van der Waals surface area (Å²) in [7, 11) is 0. The molecule has 5 nitrogen and oxygen atoms in total. The summed E-state index contributed by atoms with van der Waals surface area (Å²) in [5.74, 6) is 0.740. The van der Waals surface area contributed by atoms with Crippen molar-refractivity contribution in [2.75, 3.05) is 5.73 Å². The molecule has 1 heterocycles. The number of rotatable bonds is 2.